The lowest BCUT2D eigenvalue weighted by Gasteiger charge is -2.36. The van der Waals surface area contributed by atoms with Crippen LogP contribution in [0.25, 0.3) is 10.9 Å². The van der Waals surface area contributed by atoms with E-state index in [1.807, 2.05) is 30.0 Å². The normalized spacial score (nSPS) is 14.9. The Balaban J connectivity index is 1.41. The van der Waals surface area contributed by atoms with E-state index in [0.717, 1.165) is 34.6 Å². The zero-order valence-electron chi connectivity index (χ0n) is 21.9. The molecule has 7 nitrogen and oxygen atoms in total. The minimum atomic E-state index is -4.56. The first-order valence-electron chi connectivity index (χ1n) is 13.2. The van der Waals surface area contributed by atoms with Gasteiger partial charge in [-0.15, -0.1) is 0 Å². The fraction of sp³-hybridized carbons (Fsp3) is 0.300. The maximum Gasteiger partial charge on any atom is 0.416 e. The molecule has 1 aliphatic rings. The van der Waals surface area contributed by atoms with Gasteiger partial charge < -0.3 is 14.8 Å². The van der Waals surface area contributed by atoms with E-state index in [1.165, 1.54) is 24.3 Å². The van der Waals surface area contributed by atoms with Crippen molar-refractivity contribution in [3.05, 3.63) is 105 Å². The average Bonchev–Trinajstić information content (AvgIpc) is 3.39. The maximum atomic E-state index is 14.1. The van der Waals surface area contributed by atoms with Gasteiger partial charge in [-0.2, -0.15) is 13.2 Å². The molecule has 0 aliphatic carbocycles. The molecule has 208 valence electrons. The first kappa shape index (κ1) is 27.2. The number of halogens is 3. The van der Waals surface area contributed by atoms with Crippen molar-refractivity contribution in [1.29, 1.82) is 0 Å². The highest BCUT2D eigenvalue weighted by molar-refractivity contribution is 5.88. The van der Waals surface area contributed by atoms with Gasteiger partial charge in [-0.25, -0.2) is 0 Å². The lowest BCUT2D eigenvalue weighted by molar-refractivity contribution is -0.384. The van der Waals surface area contributed by atoms with Gasteiger partial charge in [-0.3, -0.25) is 14.9 Å². The summed E-state index contributed by atoms with van der Waals surface area (Å²) < 4.78 is 42.3. The molecule has 0 bridgehead atoms. The summed E-state index contributed by atoms with van der Waals surface area (Å²) >= 11 is 0. The second kappa shape index (κ2) is 11.0. The SMILES string of the molecule is CCc1cccc2c([C@@H](CC(=O)N3CCN(c4ccc([N+](=O)[O-])cc4)CC3)c3ccccc3C(F)(F)F)c[nH]c12. The van der Waals surface area contributed by atoms with Crippen LogP contribution in [0.3, 0.4) is 0 Å². The summed E-state index contributed by atoms with van der Waals surface area (Å²) in [6, 6.07) is 17.5. The largest absolute Gasteiger partial charge is 0.416 e. The summed E-state index contributed by atoms with van der Waals surface area (Å²) in [4.78, 5) is 31.1. The number of nitro groups is 1. The second-order valence-corrected chi connectivity index (χ2v) is 9.92. The third kappa shape index (κ3) is 5.38. The van der Waals surface area contributed by atoms with Gasteiger partial charge in [0, 0.05) is 73.4 Å². The molecule has 40 heavy (non-hydrogen) atoms. The van der Waals surface area contributed by atoms with Crippen LogP contribution in [-0.4, -0.2) is 46.9 Å². The quantitative estimate of drug-likeness (QED) is 0.210. The Labute approximate surface area is 229 Å². The lowest BCUT2D eigenvalue weighted by atomic mass is 9.84. The number of aromatic nitrogens is 1. The molecule has 1 atom stereocenters. The molecule has 5 rings (SSSR count). The minimum absolute atomic E-state index is 0.00563. The molecule has 2 heterocycles. The van der Waals surface area contributed by atoms with E-state index in [-0.39, 0.29) is 23.6 Å². The van der Waals surface area contributed by atoms with Crippen LogP contribution in [0, 0.1) is 10.1 Å². The number of aryl methyl sites for hydroxylation is 1. The Kier molecular flexibility index (Phi) is 7.51. The van der Waals surface area contributed by atoms with Crippen molar-refractivity contribution >= 4 is 28.2 Å². The number of hydrogen-bond donors (Lipinski definition) is 1. The zero-order chi connectivity index (χ0) is 28.4. The van der Waals surface area contributed by atoms with Crippen LogP contribution in [0.5, 0.6) is 0 Å². The highest BCUT2D eigenvalue weighted by Crippen LogP contribution is 2.41. The summed E-state index contributed by atoms with van der Waals surface area (Å²) in [6.07, 6.45) is -2.16. The molecule has 1 saturated heterocycles. The minimum Gasteiger partial charge on any atom is -0.368 e. The number of alkyl halides is 3. The summed E-state index contributed by atoms with van der Waals surface area (Å²) in [5.74, 6) is -1.01. The van der Waals surface area contributed by atoms with Crippen LogP contribution in [0.4, 0.5) is 24.5 Å². The molecule has 1 fully saturated rings. The van der Waals surface area contributed by atoms with Crippen molar-refractivity contribution in [2.75, 3.05) is 31.1 Å². The van der Waals surface area contributed by atoms with E-state index in [4.69, 9.17) is 0 Å². The number of piperazine rings is 1. The predicted octanol–water partition coefficient (Wildman–Crippen LogP) is 6.53. The molecule has 0 unspecified atom stereocenters. The third-order valence-electron chi connectivity index (χ3n) is 7.67. The van der Waals surface area contributed by atoms with Crippen LogP contribution < -0.4 is 4.90 Å². The van der Waals surface area contributed by atoms with Crippen molar-refractivity contribution in [2.45, 2.75) is 31.9 Å². The fourth-order valence-corrected chi connectivity index (χ4v) is 5.57. The summed E-state index contributed by atoms with van der Waals surface area (Å²) in [7, 11) is 0. The number of H-pyrrole nitrogens is 1. The van der Waals surface area contributed by atoms with E-state index in [0.29, 0.717) is 31.7 Å². The number of non-ortho nitro benzene ring substituents is 1. The number of benzene rings is 3. The van der Waals surface area contributed by atoms with Gasteiger partial charge in [-0.05, 0) is 41.3 Å². The molecule has 0 saturated carbocycles. The number of nitro benzene ring substituents is 1. The number of anilines is 1. The van der Waals surface area contributed by atoms with Crippen LogP contribution in [0.2, 0.25) is 0 Å². The number of amides is 1. The Morgan fingerprint density at radius 3 is 2.33 bits per heavy atom. The number of para-hydroxylation sites is 1. The van der Waals surface area contributed by atoms with Crippen LogP contribution >= 0.6 is 0 Å². The Hall–Kier alpha value is -4.34. The lowest BCUT2D eigenvalue weighted by Crippen LogP contribution is -2.49. The van der Waals surface area contributed by atoms with Crippen molar-refractivity contribution in [3.63, 3.8) is 0 Å². The Morgan fingerprint density at radius 2 is 1.68 bits per heavy atom. The van der Waals surface area contributed by atoms with Gasteiger partial charge in [0.1, 0.15) is 0 Å². The maximum absolute atomic E-state index is 14.1. The molecule has 3 aromatic carbocycles. The van der Waals surface area contributed by atoms with Gasteiger partial charge in [-0.1, -0.05) is 43.3 Å². The van der Waals surface area contributed by atoms with E-state index in [1.54, 1.807) is 29.3 Å². The van der Waals surface area contributed by atoms with Crippen molar-refractivity contribution in [2.24, 2.45) is 0 Å². The first-order chi connectivity index (χ1) is 19.2. The van der Waals surface area contributed by atoms with E-state index >= 15 is 0 Å². The molecule has 0 spiro atoms. The Bertz CT molecular complexity index is 1520. The molecule has 1 aliphatic heterocycles. The number of nitrogens with zero attached hydrogens (tertiary/aromatic N) is 3. The number of fused-ring (bicyclic) bond motifs is 1. The molecule has 1 aromatic heterocycles. The number of hydrogen-bond acceptors (Lipinski definition) is 4. The third-order valence-corrected chi connectivity index (χ3v) is 7.67. The van der Waals surface area contributed by atoms with Crippen LogP contribution in [0.1, 0.15) is 41.5 Å². The van der Waals surface area contributed by atoms with Gasteiger partial charge in [0.05, 0.1) is 10.5 Å². The van der Waals surface area contributed by atoms with E-state index < -0.39 is 22.6 Å². The van der Waals surface area contributed by atoms with Crippen LogP contribution in [-0.2, 0) is 17.4 Å². The smallest absolute Gasteiger partial charge is 0.368 e. The summed E-state index contributed by atoms with van der Waals surface area (Å²) in [5.41, 5.74) is 2.76. The fourth-order valence-electron chi connectivity index (χ4n) is 5.57. The van der Waals surface area contributed by atoms with Gasteiger partial charge in [0.25, 0.3) is 5.69 Å². The topological polar surface area (TPSA) is 82.5 Å². The molecular weight excluding hydrogens is 521 g/mol. The first-order valence-corrected chi connectivity index (χ1v) is 13.2. The molecule has 1 amide bonds. The molecule has 10 heteroatoms. The number of rotatable bonds is 7. The summed E-state index contributed by atoms with van der Waals surface area (Å²) in [5, 5.41) is 11.8. The Morgan fingerprint density at radius 1 is 0.975 bits per heavy atom. The average molecular weight is 551 g/mol. The van der Waals surface area contributed by atoms with Crippen molar-refractivity contribution < 1.29 is 22.9 Å². The monoisotopic (exact) mass is 550 g/mol. The van der Waals surface area contributed by atoms with Crippen molar-refractivity contribution in [3.8, 4) is 0 Å². The second-order valence-electron chi connectivity index (χ2n) is 9.92. The predicted molar refractivity (Wildman–Crippen MR) is 147 cm³/mol. The van der Waals surface area contributed by atoms with Gasteiger partial charge >= 0.3 is 6.18 Å². The molecule has 0 radical (unpaired) electrons. The van der Waals surface area contributed by atoms with E-state index in [9.17, 15) is 28.1 Å². The number of carbonyl (C=O) groups excluding carboxylic acids is 1. The standard InChI is InChI=1S/C30H29F3N4O3/c1-2-20-6-5-8-24-26(19-34-29(20)24)25(23-7-3-4-9-27(23)30(31,32)33)18-28(38)36-16-14-35(15-17-36)21-10-12-22(13-11-21)37(39)40/h3-13,19,25,34H,2,14-18H2,1H3/t25-/m0/s1. The highest BCUT2D eigenvalue weighted by atomic mass is 19.4. The molecular formula is C30H29F3N4O3. The highest BCUT2D eigenvalue weighted by Gasteiger charge is 2.37. The van der Waals surface area contributed by atoms with Crippen LogP contribution in [0.15, 0.2) is 72.9 Å². The number of carbonyl (C=O) groups is 1. The van der Waals surface area contributed by atoms with Gasteiger partial charge in [0.2, 0.25) is 5.91 Å². The number of aromatic amines is 1. The zero-order valence-corrected chi connectivity index (χ0v) is 21.9. The molecule has 4 aromatic rings. The van der Waals surface area contributed by atoms with E-state index in [2.05, 4.69) is 4.98 Å². The molecule has 1 N–H and O–H groups in total. The number of nitrogens with one attached hydrogen (secondary N) is 1. The van der Waals surface area contributed by atoms with Gasteiger partial charge in [0.15, 0.2) is 0 Å². The van der Waals surface area contributed by atoms with Crippen molar-refractivity contribution in [1.82, 2.24) is 9.88 Å². The summed E-state index contributed by atoms with van der Waals surface area (Å²) in [6.45, 7) is 3.85.